The van der Waals surface area contributed by atoms with E-state index < -0.39 is 0 Å². The highest BCUT2D eigenvalue weighted by atomic mass is 16.5. The van der Waals surface area contributed by atoms with Gasteiger partial charge in [-0.2, -0.15) is 0 Å². The number of likely N-dealkylation sites (tertiary alicyclic amines) is 1. The molecule has 0 radical (unpaired) electrons. The van der Waals surface area contributed by atoms with Crippen LogP contribution in [-0.4, -0.2) is 36.7 Å². The Labute approximate surface area is 82.3 Å². The largest absolute Gasteiger partial charge is 0.380 e. The molecule has 1 rings (SSSR count). The Morgan fingerprint density at radius 3 is 2.15 bits per heavy atom. The molecule has 1 aliphatic rings. The highest BCUT2D eigenvalue weighted by Crippen LogP contribution is 2.27. The van der Waals surface area contributed by atoms with E-state index in [0.29, 0.717) is 18.2 Å². The molecule has 0 spiro atoms. The van der Waals surface area contributed by atoms with Crippen molar-refractivity contribution in [3.63, 3.8) is 0 Å². The molecule has 0 saturated carbocycles. The summed E-state index contributed by atoms with van der Waals surface area (Å²) in [4.78, 5) is 2.57. The van der Waals surface area contributed by atoms with Gasteiger partial charge in [0.1, 0.15) is 0 Å². The first-order valence-corrected chi connectivity index (χ1v) is 5.34. The maximum atomic E-state index is 5.43. The van der Waals surface area contributed by atoms with Crippen LogP contribution in [0.5, 0.6) is 0 Å². The van der Waals surface area contributed by atoms with Gasteiger partial charge in [0.2, 0.25) is 0 Å². The first kappa shape index (κ1) is 11.0. The van der Waals surface area contributed by atoms with E-state index in [2.05, 4.69) is 32.6 Å². The van der Waals surface area contributed by atoms with Crippen LogP contribution in [0.25, 0.3) is 0 Å². The van der Waals surface area contributed by atoms with Crippen LogP contribution in [0.4, 0.5) is 0 Å². The van der Waals surface area contributed by atoms with Crippen molar-refractivity contribution in [2.45, 2.75) is 52.3 Å². The zero-order valence-corrected chi connectivity index (χ0v) is 9.58. The number of hydrogen-bond acceptors (Lipinski definition) is 2. The first-order chi connectivity index (χ1) is 6.06. The standard InChI is InChI=1S/C11H23NO/c1-8(2)11-6-10(13-5)7-12(11)9(3)4/h8-11H,6-7H2,1-5H3/t10?,11-/m0/s1. The molecule has 2 nitrogen and oxygen atoms in total. The second-order valence-corrected chi connectivity index (χ2v) is 4.70. The zero-order chi connectivity index (χ0) is 10.0. The summed E-state index contributed by atoms with van der Waals surface area (Å²) < 4.78 is 5.43. The smallest absolute Gasteiger partial charge is 0.0713 e. The number of hydrogen-bond donors (Lipinski definition) is 0. The summed E-state index contributed by atoms with van der Waals surface area (Å²) in [6.45, 7) is 10.3. The van der Waals surface area contributed by atoms with Crippen LogP contribution in [0.2, 0.25) is 0 Å². The van der Waals surface area contributed by atoms with Crippen molar-refractivity contribution >= 4 is 0 Å². The van der Waals surface area contributed by atoms with Crippen molar-refractivity contribution in [1.29, 1.82) is 0 Å². The third-order valence-electron chi connectivity index (χ3n) is 3.11. The van der Waals surface area contributed by atoms with Gasteiger partial charge in [0.05, 0.1) is 6.10 Å². The predicted molar refractivity (Wildman–Crippen MR) is 55.9 cm³/mol. The quantitative estimate of drug-likeness (QED) is 0.668. The molecule has 2 heteroatoms. The molecule has 1 saturated heterocycles. The number of nitrogens with zero attached hydrogens (tertiary/aromatic N) is 1. The predicted octanol–water partition coefficient (Wildman–Crippen LogP) is 2.14. The Bertz CT molecular complexity index is 140. The van der Waals surface area contributed by atoms with Gasteiger partial charge in [0.15, 0.2) is 0 Å². The lowest BCUT2D eigenvalue weighted by atomic mass is 10.0. The van der Waals surface area contributed by atoms with Crippen LogP contribution in [-0.2, 0) is 4.74 Å². The van der Waals surface area contributed by atoms with Gasteiger partial charge in [-0.15, -0.1) is 0 Å². The maximum absolute atomic E-state index is 5.43. The number of ether oxygens (including phenoxy) is 1. The van der Waals surface area contributed by atoms with Gasteiger partial charge < -0.3 is 4.74 Å². The minimum atomic E-state index is 0.454. The van der Waals surface area contributed by atoms with Crippen molar-refractivity contribution in [3.8, 4) is 0 Å². The molecule has 0 aliphatic carbocycles. The van der Waals surface area contributed by atoms with Gasteiger partial charge in [-0.25, -0.2) is 0 Å². The average Bonchev–Trinajstić information content (AvgIpc) is 2.47. The molecule has 1 aliphatic heterocycles. The van der Waals surface area contributed by atoms with Crippen LogP contribution >= 0.6 is 0 Å². The summed E-state index contributed by atoms with van der Waals surface area (Å²) >= 11 is 0. The van der Waals surface area contributed by atoms with Gasteiger partial charge in [0, 0.05) is 25.7 Å². The Kier molecular flexibility index (Phi) is 3.74. The van der Waals surface area contributed by atoms with Crippen molar-refractivity contribution in [1.82, 2.24) is 4.90 Å². The topological polar surface area (TPSA) is 12.5 Å². The molecule has 1 heterocycles. The van der Waals surface area contributed by atoms with E-state index in [1.54, 1.807) is 0 Å². The minimum Gasteiger partial charge on any atom is -0.380 e. The number of rotatable bonds is 3. The third-order valence-corrected chi connectivity index (χ3v) is 3.11. The van der Waals surface area contributed by atoms with Gasteiger partial charge in [0.25, 0.3) is 0 Å². The fourth-order valence-electron chi connectivity index (χ4n) is 2.27. The highest BCUT2D eigenvalue weighted by Gasteiger charge is 2.34. The van der Waals surface area contributed by atoms with E-state index in [4.69, 9.17) is 4.74 Å². The second kappa shape index (κ2) is 4.43. The summed E-state index contributed by atoms with van der Waals surface area (Å²) in [6, 6.07) is 1.36. The highest BCUT2D eigenvalue weighted by molar-refractivity contribution is 4.89. The van der Waals surface area contributed by atoms with Crippen molar-refractivity contribution in [2.24, 2.45) is 5.92 Å². The molecule has 2 atom stereocenters. The van der Waals surface area contributed by atoms with Crippen molar-refractivity contribution in [2.75, 3.05) is 13.7 Å². The van der Waals surface area contributed by atoms with E-state index in [9.17, 15) is 0 Å². The van der Waals surface area contributed by atoms with Gasteiger partial charge >= 0.3 is 0 Å². The molecule has 0 aromatic carbocycles. The lowest BCUT2D eigenvalue weighted by molar-refractivity contribution is 0.102. The van der Waals surface area contributed by atoms with Crippen molar-refractivity contribution in [3.05, 3.63) is 0 Å². The summed E-state index contributed by atoms with van der Waals surface area (Å²) in [6.07, 6.45) is 1.65. The Balaban J connectivity index is 2.60. The fraction of sp³-hybridized carbons (Fsp3) is 1.00. The Morgan fingerprint density at radius 1 is 1.23 bits per heavy atom. The molecule has 0 bridgehead atoms. The fourth-order valence-corrected chi connectivity index (χ4v) is 2.27. The van der Waals surface area contributed by atoms with Crippen molar-refractivity contribution < 1.29 is 4.74 Å². The molecule has 78 valence electrons. The lowest BCUT2D eigenvalue weighted by Crippen LogP contribution is -2.38. The SMILES string of the molecule is COC1C[C@@H](C(C)C)N(C(C)C)C1. The molecule has 1 unspecified atom stereocenters. The molecule has 0 N–H and O–H groups in total. The molecular weight excluding hydrogens is 162 g/mol. The normalized spacial score (nSPS) is 30.7. The van der Waals surface area contributed by atoms with E-state index in [-0.39, 0.29) is 0 Å². The van der Waals surface area contributed by atoms with E-state index in [1.165, 1.54) is 6.42 Å². The van der Waals surface area contributed by atoms with E-state index >= 15 is 0 Å². The van der Waals surface area contributed by atoms with Gasteiger partial charge in [-0.3, -0.25) is 4.90 Å². The van der Waals surface area contributed by atoms with Crippen LogP contribution in [0.3, 0.4) is 0 Å². The molecule has 1 fully saturated rings. The molecule has 13 heavy (non-hydrogen) atoms. The first-order valence-electron chi connectivity index (χ1n) is 5.34. The molecule has 0 amide bonds. The lowest BCUT2D eigenvalue weighted by Gasteiger charge is -2.30. The summed E-state index contributed by atoms with van der Waals surface area (Å²) in [5.74, 6) is 0.738. The maximum Gasteiger partial charge on any atom is 0.0713 e. The molecule has 0 aromatic heterocycles. The zero-order valence-electron chi connectivity index (χ0n) is 9.58. The van der Waals surface area contributed by atoms with E-state index in [1.807, 2.05) is 7.11 Å². The molecule has 0 aromatic rings. The van der Waals surface area contributed by atoms with Crippen LogP contribution in [0, 0.1) is 5.92 Å². The second-order valence-electron chi connectivity index (χ2n) is 4.70. The van der Waals surface area contributed by atoms with Gasteiger partial charge in [-0.1, -0.05) is 13.8 Å². The van der Waals surface area contributed by atoms with Crippen LogP contribution in [0.1, 0.15) is 34.1 Å². The van der Waals surface area contributed by atoms with Crippen LogP contribution in [0.15, 0.2) is 0 Å². The molecular formula is C11H23NO. The van der Waals surface area contributed by atoms with Gasteiger partial charge in [-0.05, 0) is 26.2 Å². The van der Waals surface area contributed by atoms with Crippen LogP contribution < -0.4 is 0 Å². The number of methoxy groups -OCH3 is 1. The third kappa shape index (κ3) is 2.44. The van der Waals surface area contributed by atoms with E-state index in [0.717, 1.165) is 12.5 Å². The monoisotopic (exact) mass is 185 g/mol. The average molecular weight is 185 g/mol. The summed E-state index contributed by atoms with van der Waals surface area (Å²) in [7, 11) is 1.83. The minimum absolute atomic E-state index is 0.454. The Hall–Kier alpha value is -0.0800. The Morgan fingerprint density at radius 2 is 1.85 bits per heavy atom. The summed E-state index contributed by atoms with van der Waals surface area (Å²) in [5, 5.41) is 0. The summed E-state index contributed by atoms with van der Waals surface area (Å²) in [5.41, 5.74) is 0.